The molecular formula is C11H16N4O2. The molecule has 0 unspecified atom stereocenters. The molecule has 1 atom stereocenters. The third-order valence-electron chi connectivity index (χ3n) is 2.86. The number of hydrogen-bond donors (Lipinski definition) is 1. The van der Waals surface area contributed by atoms with Crippen LogP contribution < -0.4 is 9.80 Å². The number of carbonyl (C=O) groups is 1. The van der Waals surface area contributed by atoms with Crippen LogP contribution in [0.25, 0.3) is 0 Å². The smallest absolute Gasteiger partial charge is 0.326 e. The highest BCUT2D eigenvalue weighted by molar-refractivity contribution is 5.78. The van der Waals surface area contributed by atoms with Crippen LogP contribution in [0.5, 0.6) is 0 Å². The van der Waals surface area contributed by atoms with Crippen LogP contribution in [-0.2, 0) is 4.79 Å². The number of nitrogens with zero attached hydrogens (tertiary/aromatic N) is 4. The van der Waals surface area contributed by atoms with Gasteiger partial charge in [-0.25, -0.2) is 9.78 Å². The van der Waals surface area contributed by atoms with Crippen molar-refractivity contribution in [2.24, 2.45) is 0 Å². The van der Waals surface area contributed by atoms with Gasteiger partial charge in [0.15, 0.2) is 0 Å². The minimum atomic E-state index is -0.785. The molecule has 2 rings (SSSR count). The minimum absolute atomic E-state index is 0.458. The highest BCUT2D eigenvalue weighted by Crippen LogP contribution is 2.24. The molecule has 2 heterocycles. The van der Waals surface area contributed by atoms with Crippen molar-refractivity contribution in [1.29, 1.82) is 0 Å². The maximum atomic E-state index is 11.1. The summed E-state index contributed by atoms with van der Waals surface area (Å²) in [4.78, 5) is 23.2. The predicted molar refractivity (Wildman–Crippen MR) is 64.4 cm³/mol. The number of aromatic nitrogens is 2. The average Bonchev–Trinajstić information content (AvgIpc) is 2.78. The van der Waals surface area contributed by atoms with Gasteiger partial charge in [0, 0.05) is 26.8 Å². The first-order valence-electron chi connectivity index (χ1n) is 5.59. The lowest BCUT2D eigenvalue weighted by Gasteiger charge is -2.23. The van der Waals surface area contributed by atoms with Gasteiger partial charge < -0.3 is 14.9 Å². The summed E-state index contributed by atoms with van der Waals surface area (Å²) >= 11 is 0. The molecule has 0 bridgehead atoms. The van der Waals surface area contributed by atoms with Gasteiger partial charge in [-0.3, -0.25) is 0 Å². The van der Waals surface area contributed by atoms with Gasteiger partial charge in [0.05, 0.1) is 0 Å². The molecule has 0 aliphatic carbocycles. The molecule has 1 aliphatic heterocycles. The van der Waals surface area contributed by atoms with E-state index < -0.39 is 12.0 Å². The monoisotopic (exact) mass is 236 g/mol. The SMILES string of the molecule is CN(C)c1nccc(N2CCC[C@H]2C(=O)O)n1. The lowest BCUT2D eigenvalue weighted by Crippen LogP contribution is -2.36. The van der Waals surface area contributed by atoms with Crippen molar-refractivity contribution in [3.8, 4) is 0 Å². The molecule has 92 valence electrons. The Morgan fingerprint density at radius 2 is 2.35 bits per heavy atom. The quantitative estimate of drug-likeness (QED) is 0.828. The van der Waals surface area contributed by atoms with Gasteiger partial charge in [0.1, 0.15) is 11.9 Å². The molecule has 1 aromatic heterocycles. The molecule has 6 nitrogen and oxygen atoms in total. The van der Waals surface area contributed by atoms with Gasteiger partial charge >= 0.3 is 5.97 Å². The van der Waals surface area contributed by atoms with Crippen molar-refractivity contribution >= 4 is 17.7 Å². The molecular weight excluding hydrogens is 220 g/mol. The molecule has 0 radical (unpaired) electrons. The summed E-state index contributed by atoms with van der Waals surface area (Å²) < 4.78 is 0. The van der Waals surface area contributed by atoms with Crippen molar-refractivity contribution in [1.82, 2.24) is 9.97 Å². The van der Waals surface area contributed by atoms with E-state index in [1.54, 1.807) is 17.2 Å². The Hall–Kier alpha value is -1.85. The van der Waals surface area contributed by atoms with E-state index in [4.69, 9.17) is 5.11 Å². The summed E-state index contributed by atoms with van der Waals surface area (Å²) in [7, 11) is 3.72. The molecule has 0 amide bonds. The summed E-state index contributed by atoms with van der Waals surface area (Å²) in [6, 6.07) is 1.30. The van der Waals surface area contributed by atoms with E-state index in [9.17, 15) is 4.79 Å². The van der Waals surface area contributed by atoms with Crippen molar-refractivity contribution in [3.05, 3.63) is 12.3 Å². The third-order valence-corrected chi connectivity index (χ3v) is 2.86. The van der Waals surface area contributed by atoms with Crippen molar-refractivity contribution in [2.45, 2.75) is 18.9 Å². The maximum absolute atomic E-state index is 11.1. The summed E-state index contributed by atoms with van der Waals surface area (Å²) in [6.07, 6.45) is 3.23. The van der Waals surface area contributed by atoms with Crippen LogP contribution in [0.1, 0.15) is 12.8 Å². The van der Waals surface area contributed by atoms with Crippen LogP contribution in [0.2, 0.25) is 0 Å². The molecule has 1 aromatic rings. The molecule has 0 aromatic carbocycles. The van der Waals surface area contributed by atoms with Crippen LogP contribution in [0.3, 0.4) is 0 Å². The van der Waals surface area contributed by atoms with Gasteiger partial charge in [0.25, 0.3) is 0 Å². The minimum Gasteiger partial charge on any atom is -0.480 e. The molecule has 1 saturated heterocycles. The maximum Gasteiger partial charge on any atom is 0.326 e. The Kier molecular flexibility index (Phi) is 3.12. The molecule has 6 heteroatoms. The fourth-order valence-corrected chi connectivity index (χ4v) is 2.01. The Balaban J connectivity index is 2.27. The van der Waals surface area contributed by atoms with Crippen LogP contribution >= 0.6 is 0 Å². The number of rotatable bonds is 3. The van der Waals surface area contributed by atoms with E-state index in [0.717, 1.165) is 13.0 Å². The van der Waals surface area contributed by atoms with Gasteiger partial charge in [-0.2, -0.15) is 4.98 Å². The van der Waals surface area contributed by atoms with Gasteiger partial charge in [-0.1, -0.05) is 0 Å². The third kappa shape index (κ3) is 2.30. The van der Waals surface area contributed by atoms with E-state index in [0.29, 0.717) is 18.2 Å². The van der Waals surface area contributed by atoms with Crippen molar-refractivity contribution in [3.63, 3.8) is 0 Å². The lowest BCUT2D eigenvalue weighted by molar-refractivity contribution is -0.138. The summed E-state index contributed by atoms with van der Waals surface area (Å²) in [5, 5.41) is 9.13. The molecule has 1 fully saturated rings. The Bertz CT molecular complexity index is 422. The fourth-order valence-electron chi connectivity index (χ4n) is 2.01. The summed E-state index contributed by atoms with van der Waals surface area (Å²) in [6.45, 7) is 0.737. The molecule has 1 aliphatic rings. The topological polar surface area (TPSA) is 69.6 Å². The number of carboxylic acids is 1. The van der Waals surface area contributed by atoms with E-state index in [1.165, 1.54) is 0 Å². The van der Waals surface area contributed by atoms with E-state index in [2.05, 4.69) is 9.97 Å². The Morgan fingerprint density at radius 3 is 3.00 bits per heavy atom. The Morgan fingerprint density at radius 1 is 1.59 bits per heavy atom. The van der Waals surface area contributed by atoms with E-state index in [1.807, 2.05) is 19.0 Å². The zero-order valence-corrected chi connectivity index (χ0v) is 10.00. The second-order valence-corrected chi connectivity index (χ2v) is 4.30. The largest absolute Gasteiger partial charge is 0.480 e. The number of aliphatic carboxylic acids is 1. The standard InChI is InChI=1S/C11H16N4O2/c1-14(2)11-12-6-5-9(13-11)15-7-3-4-8(15)10(16)17/h5-6,8H,3-4,7H2,1-2H3,(H,16,17)/t8-/m0/s1. The van der Waals surface area contributed by atoms with Crippen molar-refractivity contribution < 1.29 is 9.90 Å². The summed E-state index contributed by atoms with van der Waals surface area (Å²) in [5.74, 6) is 0.500. The van der Waals surface area contributed by atoms with Crippen LogP contribution in [0.4, 0.5) is 11.8 Å². The normalized spacial score (nSPS) is 19.4. The molecule has 0 spiro atoms. The highest BCUT2D eigenvalue weighted by atomic mass is 16.4. The second kappa shape index (κ2) is 4.57. The number of carboxylic acid groups (broad SMARTS) is 1. The zero-order valence-electron chi connectivity index (χ0n) is 10.00. The lowest BCUT2D eigenvalue weighted by atomic mass is 10.2. The molecule has 1 N–H and O–H groups in total. The number of anilines is 2. The molecule has 17 heavy (non-hydrogen) atoms. The zero-order chi connectivity index (χ0) is 12.4. The van der Waals surface area contributed by atoms with Gasteiger partial charge in [-0.15, -0.1) is 0 Å². The first-order valence-corrected chi connectivity index (χ1v) is 5.59. The van der Waals surface area contributed by atoms with Crippen LogP contribution in [0, 0.1) is 0 Å². The van der Waals surface area contributed by atoms with E-state index >= 15 is 0 Å². The first kappa shape index (κ1) is 11.6. The van der Waals surface area contributed by atoms with Gasteiger partial charge in [0.2, 0.25) is 5.95 Å². The average molecular weight is 236 g/mol. The molecule has 0 saturated carbocycles. The highest BCUT2D eigenvalue weighted by Gasteiger charge is 2.31. The predicted octanol–water partition coefficient (Wildman–Crippen LogP) is 0.596. The van der Waals surface area contributed by atoms with Crippen LogP contribution in [-0.4, -0.2) is 47.7 Å². The first-order chi connectivity index (χ1) is 8.09. The van der Waals surface area contributed by atoms with E-state index in [-0.39, 0.29) is 0 Å². The number of hydrogen-bond acceptors (Lipinski definition) is 5. The van der Waals surface area contributed by atoms with Crippen LogP contribution in [0.15, 0.2) is 12.3 Å². The Labute approximate surface area is 99.9 Å². The fraction of sp³-hybridized carbons (Fsp3) is 0.545. The van der Waals surface area contributed by atoms with Gasteiger partial charge in [-0.05, 0) is 18.9 Å². The van der Waals surface area contributed by atoms with Crippen molar-refractivity contribution in [2.75, 3.05) is 30.4 Å². The summed E-state index contributed by atoms with van der Waals surface area (Å²) in [5.41, 5.74) is 0. The second-order valence-electron chi connectivity index (χ2n) is 4.30.